The second-order valence-corrected chi connectivity index (χ2v) is 5.67. The van der Waals surface area contributed by atoms with Gasteiger partial charge in [0, 0.05) is 0 Å². The van der Waals surface area contributed by atoms with E-state index in [1.54, 1.807) is 0 Å². The molecule has 0 saturated carbocycles. The van der Waals surface area contributed by atoms with Crippen molar-refractivity contribution in [2.24, 2.45) is 0 Å². The zero-order valence-corrected chi connectivity index (χ0v) is 9.51. The van der Waals surface area contributed by atoms with Gasteiger partial charge in [-0.1, -0.05) is 6.07 Å². The van der Waals surface area contributed by atoms with Crippen LogP contribution in [0.2, 0.25) is 0 Å². The molecule has 0 aliphatic heterocycles. The molecule has 0 spiro atoms. The van der Waals surface area contributed by atoms with Gasteiger partial charge in [0.15, 0.2) is 21.5 Å². The molecule has 0 fully saturated rings. The molecule has 0 aliphatic rings. The third kappa shape index (κ3) is 4.48. The van der Waals surface area contributed by atoms with Crippen LogP contribution in [0.3, 0.4) is 0 Å². The van der Waals surface area contributed by atoms with Crippen molar-refractivity contribution < 1.29 is 27.1 Å². The van der Waals surface area contributed by atoms with Crippen LogP contribution in [-0.2, 0) is 21.1 Å². The highest BCUT2D eigenvalue weighted by atomic mass is 32.2. The summed E-state index contributed by atoms with van der Waals surface area (Å²) in [5.74, 6) is -4.88. The van der Waals surface area contributed by atoms with Gasteiger partial charge >= 0.3 is 5.97 Å². The minimum absolute atomic E-state index is 0.0488. The second-order valence-electron chi connectivity index (χ2n) is 3.48. The summed E-state index contributed by atoms with van der Waals surface area (Å²) in [6, 6.07) is 3.05. The lowest BCUT2D eigenvalue weighted by atomic mass is 10.2. The number of benzene rings is 1. The number of aliphatic carboxylic acids is 1. The molecule has 0 aliphatic carbocycles. The standard InChI is InChI=1S/C10H10F2O4S/c11-8-2-1-7(5-9(8)12)3-4-17(15,16)6-10(13)14/h1-2,5H,3-4,6H2,(H,13,14). The number of halogens is 2. The fourth-order valence-corrected chi connectivity index (χ4v) is 2.30. The van der Waals surface area contributed by atoms with E-state index in [1.807, 2.05) is 0 Å². The average Bonchev–Trinajstić information content (AvgIpc) is 2.18. The second kappa shape index (κ2) is 5.22. The maximum Gasteiger partial charge on any atom is 0.318 e. The molecule has 1 aromatic carbocycles. The lowest BCUT2D eigenvalue weighted by Gasteiger charge is -2.02. The van der Waals surface area contributed by atoms with Gasteiger partial charge < -0.3 is 5.11 Å². The minimum Gasteiger partial charge on any atom is -0.480 e. The first-order valence-electron chi connectivity index (χ1n) is 4.66. The summed E-state index contributed by atoms with van der Waals surface area (Å²) < 4.78 is 47.8. The Morgan fingerprint density at radius 1 is 1.24 bits per heavy atom. The van der Waals surface area contributed by atoms with Gasteiger partial charge in [-0.25, -0.2) is 17.2 Å². The molecular weight excluding hydrogens is 254 g/mol. The van der Waals surface area contributed by atoms with Gasteiger partial charge in [-0.05, 0) is 24.1 Å². The Morgan fingerprint density at radius 3 is 2.41 bits per heavy atom. The molecule has 0 atom stereocenters. The summed E-state index contributed by atoms with van der Waals surface area (Å²) in [4.78, 5) is 10.2. The zero-order valence-electron chi connectivity index (χ0n) is 8.69. The van der Waals surface area contributed by atoms with Crippen molar-refractivity contribution in [2.75, 3.05) is 11.5 Å². The zero-order chi connectivity index (χ0) is 13.1. The van der Waals surface area contributed by atoms with Gasteiger partial charge in [-0.3, -0.25) is 4.79 Å². The first kappa shape index (κ1) is 13.6. The van der Waals surface area contributed by atoms with Crippen molar-refractivity contribution in [3.05, 3.63) is 35.4 Å². The van der Waals surface area contributed by atoms with Crippen LogP contribution < -0.4 is 0 Å². The van der Waals surface area contributed by atoms with E-state index in [1.165, 1.54) is 6.07 Å². The Kier molecular flexibility index (Phi) is 4.17. The van der Waals surface area contributed by atoms with Gasteiger partial charge in [0.25, 0.3) is 0 Å². The predicted molar refractivity (Wildman–Crippen MR) is 56.4 cm³/mol. The number of hydrogen-bond acceptors (Lipinski definition) is 3. The molecule has 7 heteroatoms. The first-order valence-corrected chi connectivity index (χ1v) is 6.48. The quantitative estimate of drug-likeness (QED) is 0.861. The monoisotopic (exact) mass is 264 g/mol. The number of carboxylic acids is 1. The van der Waals surface area contributed by atoms with Gasteiger partial charge in [-0.15, -0.1) is 0 Å². The third-order valence-corrected chi connectivity index (χ3v) is 3.54. The number of carbonyl (C=O) groups is 1. The Labute approximate surface area is 96.8 Å². The normalized spacial score (nSPS) is 11.4. The Hall–Kier alpha value is -1.50. The van der Waals surface area contributed by atoms with Gasteiger partial charge in [0.1, 0.15) is 5.75 Å². The highest BCUT2D eigenvalue weighted by molar-refractivity contribution is 7.92. The summed E-state index contributed by atoms with van der Waals surface area (Å²) in [6.07, 6.45) is -0.0488. The molecule has 17 heavy (non-hydrogen) atoms. The fraction of sp³-hybridized carbons (Fsp3) is 0.300. The highest BCUT2D eigenvalue weighted by Gasteiger charge is 2.16. The maximum atomic E-state index is 12.8. The van der Waals surface area contributed by atoms with Crippen molar-refractivity contribution in [3.63, 3.8) is 0 Å². The molecule has 0 saturated heterocycles. The maximum absolute atomic E-state index is 12.8. The number of rotatable bonds is 5. The summed E-state index contributed by atoms with van der Waals surface area (Å²) in [5.41, 5.74) is 0.304. The van der Waals surface area contributed by atoms with Crippen LogP contribution in [0.25, 0.3) is 0 Å². The van der Waals surface area contributed by atoms with Crippen molar-refractivity contribution in [2.45, 2.75) is 6.42 Å². The van der Waals surface area contributed by atoms with Crippen LogP contribution in [0.5, 0.6) is 0 Å². The molecule has 1 N–H and O–H groups in total. The molecule has 94 valence electrons. The van der Waals surface area contributed by atoms with Crippen molar-refractivity contribution >= 4 is 15.8 Å². The lowest BCUT2D eigenvalue weighted by molar-refractivity contribution is -0.134. The van der Waals surface area contributed by atoms with Crippen molar-refractivity contribution in [3.8, 4) is 0 Å². The number of hydrogen-bond donors (Lipinski definition) is 1. The van der Waals surface area contributed by atoms with Crippen LogP contribution in [-0.4, -0.2) is 31.0 Å². The average molecular weight is 264 g/mol. The Balaban J connectivity index is 2.67. The third-order valence-electron chi connectivity index (χ3n) is 2.03. The number of aryl methyl sites for hydroxylation is 1. The topological polar surface area (TPSA) is 71.4 Å². The SMILES string of the molecule is O=C(O)CS(=O)(=O)CCc1ccc(F)c(F)c1. The molecule has 0 radical (unpaired) electrons. The van der Waals surface area contributed by atoms with Gasteiger partial charge in [0.2, 0.25) is 0 Å². The summed E-state index contributed by atoms with van der Waals surface area (Å²) in [6.45, 7) is 0. The highest BCUT2D eigenvalue weighted by Crippen LogP contribution is 2.10. The molecule has 1 aromatic rings. The largest absolute Gasteiger partial charge is 0.480 e. The molecule has 0 unspecified atom stereocenters. The van der Waals surface area contributed by atoms with Crippen LogP contribution >= 0.6 is 0 Å². The van der Waals surface area contributed by atoms with E-state index >= 15 is 0 Å². The van der Waals surface area contributed by atoms with E-state index in [0.29, 0.717) is 5.56 Å². The minimum atomic E-state index is -3.72. The molecule has 1 rings (SSSR count). The Morgan fingerprint density at radius 2 is 1.88 bits per heavy atom. The summed E-state index contributed by atoms with van der Waals surface area (Å²) in [5, 5.41) is 8.34. The number of sulfone groups is 1. The molecule has 0 amide bonds. The Bertz CT molecular complexity index is 525. The molecule has 0 heterocycles. The van der Waals surface area contributed by atoms with Crippen LogP contribution in [0, 0.1) is 11.6 Å². The van der Waals surface area contributed by atoms with E-state index in [4.69, 9.17) is 5.11 Å². The van der Waals surface area contributed by atoms with E-state index in [0.717, 1.165) is 12.1 Å². The van der Waals surface area contributed by atoms with E-state index in [9.17, 15) is 22.0 Å². The van der Waals surface area contributed by atoms with Crippen LogP contribution in [0.1, 0.15) is 5.56 Å². The van der Waals surface area contributed by atoms with E-state index < -0.39 is 38.9 Å². The first-order chi connectivity index (χ1) is 7.80. The van der Waals surface area contributed by atoms with Crippen molar-refractivity contribution in [1.29, 1.82) is 0 Å². The molecule has 0 bridgehead atoms. The smallest absolute Gasteiger partial charge is 0.318 e. The molecular formula is C10H10F2O4S. The predicted octanol–water partition coefficient (Wildman–Crippen LogP) is 1.01. The van der Waals surface area contributed by atoms with Gasteiger partial charge in [0.05, 0.1) is 5.75 Å². The van der Waals surface area contributed by atoms with Crippen LogP contribution in [0.4, 0.5) is 8.78 Å². The summed E-state index contributed by atoms with van der Waals surface area (Å²) >= 11 is 0. The van der Waals surface area contributed by atoms with Gasteiger partial charge in [-0.2, -0.15) is 0 Å². The lowest BCUT2D eigenvalue weighted by Crippen LogP contribution is -2.19. The van der Waals surface area contributed by atoms with E-state index in [2.05, 4.69) is 0 Å². The molecule has 4 nitrogen and oxygen atoms in total. The fourth-order valence-electron chi connectivity index (χ4n) is 1.23. The number of carboxylic acid groups (broad SMARTS) is 1. The van der Waals surface area contributed by atoms with Crippen molar-refractivity contribution in [1.82, 2.24) is 0 Å². The van der Waals surface area contributed by atoms with E-state index in [-0.39, 0.29) is 6.42 Å². The molecule has 0 aromatic heterocycles. The summed E-state index contributed by atoms with van der Waals surface area (Å²) in [7, 11) is -3.72. The van der Waals surface area contributed by atoms with Crippen LogP contribution in [0.15, 0.2) is 18.2 Å².